The second-order valence-corrected chi connectivity index (χ2v) is 5.37. The van der Waals surface area contributed by atoms with E-state index in [1.54, 1.807) is 6.07 Å². The van der Waals surface area contributed by atoms with E-state index in [0.717, 1.165) is 43.0 Å². The molecule has 3 N–H and O–H groups in total. The van der Waals surface area contributed by atoms with Crippen LogP contribution in [0.3, 0.4) is 0 Å². The van der Waals surface area contributed by atoms with Gasteiger partial charge in [-0.1, -0.05) is 11.6 Å². The molecule has 2 heterocycles. The molecule has 20 heavy (non-hydrogen) atoms. The van der Waals surface area contributed by atoms with Gasteiger partial charge in [0.25, 0.3) is 0 Å². The summed E-state index contributed by atoms with van der Waals surface area (Å²) in [7, 11) is 0. The van der Waals surface area contributed by atoms with Gasteiger partial charge in [-0.25, -0.2) is 4.39 Å². The van der Waals surface area contributed by atoms with Crippen molar-refractivity contribution in [1.29, 1.82) is 0 Å². The lowest BCUT2D eigenvalue weighted by molar-refractivity contribution is 0.478. The lowest BCUT2D eigenvalue weighted by Gasteiger charge is -2.23. The number of piperidine rings is 1. The molecule has 1 fully saturated rings. The van der Waals surface area contributed by atoms with Crippen LogP contribution in [-0.2, 0) is 0 Å². The Hall–Kier alpha value is -1.59. The SMILES string of the molecule is Fc1ccc(-c2cc(NC3CCNCC3)n[nH]2)c(Cl)c1. The zero-order chi connectivity index (χ0) is 13.9. The predicted octanol–water partition coefficient (Wildman–Crippen LogP) is 3.03. The van der Waals surface area contributed by atoms with Crippen LogP contribution in [0.15, 0.2) is 24.3 Å². The largest absolute Gasteiger partial charge is 0.366 e. The number of nitrogens with zero attached hydrogens (tertiary/aromatic N) is 1. The Morgan fingerprint density at radius 1 is 1.25 bits per heavy atom. The zero-order valence-electron chi connectivity index (χ0n) is 10.9. The molecule has 0 atom stereocenters. The van der Waals surface area contributed by atoms with Crippen molar-refractivity contribution in [2.75, 3.05) is 18.4 Å². The van der Waals surface area contributed by atoms with Crippen molar-refractivity contribution in [3.63, 3.8) is 0 Å². The smallest absolute Gasteiger partial charge is 0.148 e. The molecule has 0 aliphatic carbocycles. The van der Waals surface area contributed by atoms with E-state index in [4.69, 9.17) is 11.6 Å². The molecular formula is C14H16ClFN4. The lowest BCUT2D eigenvalue weighted by Crippen LogP contribution is -2.35. The third-order valence-corrected chi connectivity index (χ3v) is 3.80. The van der Waals surface area contributed by atoms with Gasteiger partial charge in [0, 0.05) is 17.7 Å². The molecule has 3 rings (SSSR count). The first kappa shape index (κ1) is 13.4. The molecule has 2 aromatic rings. The van der Waals surface area contributed by atoms with Crippen LogP contribution < -0.4 is 10.6 Å². The highest BCUT2D eigenvalue weighted by Crippen LogP contribution is 2.28. The van der Waals surface area contributed by atoms with Gasteiger partial charge in [0.2, 0.25) is 0 Å². The molecule has 4 nitrogen and oxygen atoms in total. The topological polar surface area (TPSA) is 52.7 Å². The van der Waals surface area contributed by atoms with Gasteiger partial charge in [0.1, 0.15) is 11.6 Å². The van der Waals surface area contributed by atoms with Crippen LogP contribution in [0.25, 0.3) is 11.3 Å². The Balaban J connectivity index is 1.75. The Kier molecular flexibility index (Phi) is 3.89. The summed E-state index contributed by atoms with van der Waals surface area (Å²) < 4.78 is 13.0. The van der Waals surface area contributed by atoms with Crippen molar-refractivity contribution in [2.24, 2.45) is 0 Å². The van der Waals surface area contributed by atoms with Crippen molar-refractivity contribution < 1.29 is 4.39 Å². The van der Waals surface area contributed by atoms with Crippen molar-refractivity contribution in [1.82, 2.24) is 15.5 Å². The van der Waals surface area contributed by atoms with E-state index in [-0.39, 0.29) is 5.82 Å². The summed E-state index contributed by atoms with van der Waals surface area (Å²) in [5.74, 6) is 0.457. The zero-order valence-corrected chi connectivity index (χ0v) is 11.7. The minimum absolute atomic E-state index is 0.341. The second kappa shape index (κ2) is 5.81. The van der Waals surface area contributed by atoms with Crippen LogP contribution in [0.4, 0.5) is 10.2 Å². The molecular weight excluding hydrogens is 279 g/mol. The highest BCUT2D eigenvalue weighted by atomic mass is 35.5. The van der Waals surface area contributed by atoms with Crippen molar-refractivity contribution >= 4 is 17.4 Å². The fourth-order valence-corrected chi connectivity index (χ4v) is 2.69. The average Bonchev–Trinajstić information content (AvgIpc) is 2.88. The van der Waals surface area contributed by atoms with Crippen LogP contribution in [0, 0.1) is 5.82 Å². The summed E-state index contributed by atoms with van der Waals surface area (Å²) in [4.78, 5) is 0. The lowest BCUT2D eigenvalue weighted by atomic mass is 10.1. The molecule has 0 bridgehead atoms. The molecule has 0 amide bonds. The molecule has 0 unspecified atom stereocenters. The molecule has 1 aromatic heterocycles. The van der Waals surface area contributed by atoms with E-state index in [1.807, 2.05) is 6.07 Å². The van der Waals surface area contributed by atoms with Crippen LogP contribution in [-0.4, -0.2) is 29.3 Å². The van der Waals surface area contributed by atoms with E-state index in [2.05, 4.69) is 20.8 Å². The summed E-state index contributed by atoms with van der Waals surface area (Å²) in [6, 6.07) is 6.69. The number of H-pyrrole nitrogens is 1. The molecule has 6 heteroatoms. The van der Waals surface area contributed by atoms with Gasteiger partial charge in [-0.05, 0) is 44.1 Å². The number of nitrogens with one attached hydrogen (secondary N) is 3. The number of anilines is 1. The second-order valence-electron chi connectivity index (χ2n) is 4.96. The van der Waals surface area contributed by atoms with Crippen LogP contribution in [0.5, 0.6) is 0 Å². The third-order valence-electron chi connectivity index (χ3n) is 3.49. The molecule has 1 aromatic carbocycles. The number of rotatable bonds is 3. The fraction of sp³-hybridized carbons (Fsp3) is 0.357. The molecule has 0 saturated carbocycles. The van der Waals surface area contributed by atoms with Gasteiger partial charge in [-0.15, -0.1) is 0 Å². The highest BCUT2D eigenvalue weighted by molar-refractivity contribution is 6.33. The molecule has 1 aliphatic heterocycles. The summed E-state index contributed by atoms with van der Waals surface area (Å²) in [6.07, 6.45) is 2.17. The van der Waals surface area contributed by atoms with Gasteiger partial charge in [-0.2, -0.15) is 5.10 Å². The van der Waals surface area contributed by atoms with Gasteiger partial charge in [0.15, 0.2) is 0 Å². The Morgan fingerprint density at radius 2 is 2.05 bits per heavy atom. The van der Waals surface area contributed by atoms with Crippen molar-refractivity contribution in [3.8, 4) is 11.3 Å². The van der Waals surface area contributed by atoms with Gasteiger partial charge in [0.05, 0.1) is 10.7 Å². The number of aromatic nitrogens is 2. The van der Waals surface area contributed by atoms with Crippen molar-refractivity contribution in [3.05, 3.63) is 35.1 Å². The molecule has 106 valence electrons. The first-order chi connectivity index (χ1) is 9.72. The maximum atomic E-state index is 13.0. The maximum absolute atomic E-state index is 13.0. The van der Waals surface area contributed by atoms with Crippen LogP contribution >= 0.6 is 11.6 Å². The van der Waals surface area contributed by atoms with Crippen molar-refractivity contribution in [2.45, 2.75) is 18.9 Å². The highest BCUT2D eigenvalue weighted by Gasteiger charge is 2.14. The predicted molar refractivity (Wildman–Crippen MR) is 78.5 cm³/mol. The Bertz CT molecular complexity index is 593. The number of halogens is 2. The normalized spacial score (nSPS) is 16.3. The minimum Gasteiger partial charge on any atom is -0.366 e. The number of benzene rings is 1. The third kappa shape index (κ3) is 2.94. The Labute approximate surface area is 121 Å². The number of hydrogen-bond acceptors (Lipinski definition) is 3. The first-order valence-corrected chi connectivity index (χ1v) is 7.08. The summed E-state index contributed by atoms with van der Waals surface area (Å²) in [5.41, 5.74) is 1.53. The fourth-order valence-electron chi connectivity index (χ4n) is 2.42. The molecule has 0 radical (unpaired) electrons. The van der Waals surface area contributed by atoms with E-state index >= 15 is 0 Å². The van der Waals surface area contributed by atoms with E-state index in [9.17, 15) is 4.39 Å². The number of hydrogen-bond donors (Lipinski definition) is 3. The quantitative estimate of drug-likeness (QED) is 0.815. The van der Waals surface area contributed by atoms with Gasteiger partial charge < -0.3 is 10.6 Å². The molecule has 1 saturated heterocycles. The summed E-state index contributed by atoms with van der Waals surface area (Å²) >= 11 is 6.05. The van der Waals surface area contributed by atoms with Crippen LogP contribution in [0.1, 0.15) is 12.8 Å². The molecule has 1 aliphatic rings. The standard InChI is InChI=1S/C14H16ClFN4/c15-12-7-9(16)1-2-11(12)13-8-14(20-19-13)18-10-3-5-17-6-4-10/h1-2,7-8,10,17H,3-6H2,(H2,18,19,20). The maximum Gasteiger partial charge on any atom is 0.148 e. The Morgan fingerprint density at radius 3 is 2.80 bits per heavy atom. The first-order valence-electron chi connectivity index (χ1n) is 6.70. The monoisotopic (exact) mass is 294 g/mol. The minimum atomic E-state index is -0.341. The summed E-state index contributed by atoms with van der Waals surface area (Å²) in [5, 5.41) is 14.3. The molecule has 0 spiro atoms. The van der Waals surface area contributed by atoms with E-state index < -0.39 is 0 Å². The summed E-state index contributed by atoms with van der Waals surface area (Å²) in [6.45, 7) is 2.05. The number of aromatic amines is 1. The van der Waals surface area contributed by atoms with E-state index in [0.29, 0.717) is 11.1 Å². The van der Waals surface area contributed by atoms with Gasteiger partial charge >= 0.3 is 0 Å². The van der Waals surface area contributed by atoms with Crippen LogP contribution in [0.2, 0.25) is 5.02 Å². The van der Waals surface area contributed by atoms with Gasteiger partial charge in [-0.3, -0.25) is 5.10 Å². The van der Waals surface area contributed by atoms with E-state index in [1.165, 1.54) is 12.1 Å². The average molecular weight is 295 g/mol.